The molecule has 0 saturated heterocycles. The average molecular weight is 312 g/mol. The maximum atomic E-state index is 12.2. The Morgan fingerprint density at radius 2 is 1.74 bits per heavy atom. The lowest BCUT2D eigenvalue weighted by Crippen LogP contribution is -2.15. The van der Waals surface area contributed by atoms with Crippen molar-refractivity contribution >= 4 is 17.4 Å². The third-order valence-corrected chi connectivity index (χ3v) is 3.41. The molecule has 1 aromatic heterocycles. The third-order valence-electron chi connectivity index (χ3n) is 3.41. The summed E-state index contributed by atoms with van der Waals surface area (Å²) >= 11 is 0. The molecular formula is C18H24N4O. The minimum atomic E-state index is -0.259. The van der Waals surface area contributed by atoms with Gasteiger partial charge in [0, 0.05) is 12.2 Å². The van der Waals surface area contributed by atoms with E-state index in [2.05, 4.69) is 48.3 Å². The fourth-order valence-corrected chi connectivity index (χ4v) is 1.99. The Morgan fingerprint density at radius 1 is 1.04 bits per heavy atom. The van der Waals surface area contributed by atoms with E-state index in [0.29, 0.717) is 23.3 Å². The van der Waals surface area contributed by atoms with Gasteiger partial charge in [-0.2, -0.15) is 0 Å². The molecule has 2 aromatic rings. The molecule has 2 rings (SSSR count). The smallest absolute Gasteiger partial charge is 0.275 e. The molecule has 0 atom stereocenters. The van der Waals surface area contributed by atoms with Crippen LogP contribution in [0.3, 0.4) is 0 Å². The zero-order valence-electron chi connectivity index (χ0n) is 14.1. The summed E-state index contributed by atoms with van der Waals surface area (Å²) in [5.74, 6) is 1.41. The van der Waals surface area contributed by atoms with Gasteiger partial charge in [-0.15, -0.1) is 0 Å². The number of aromatic nitrogens is 2. The summed E-state index contributed by atoms with van der Waals surface area (Å²) in [4.78, 5) is 20.6. The number of rotatable bonds is 6. The second kappa shape index (κ2) is 7.72. The molecule has 5 nitrogen and oxygen atoms in total. The first-order valence-electron chi connectivity index (χ1n) is 7.93. The molecule has 23 heavy (non-hydrogen) atoms. The van der Waals surface area contributed by atoms with Crippen LogP contribution in [0.25, 0.3) is 0 Å². The standard InChI is InChI=1S/C18H24N4O/c1-12(2)9-20-17-11-19-16(10-21-17)18(23)22-15-7-5-14(6-8-15)13(3)4/h5-8,10-13H,9H2,1-4H3,(H,20,21)(H,22,23). The summed E-state index contributed by atoms with van der Waals surface area (Å²) in [5, 5.41) is 6.00. The maximum Gasteiger partial charge on any atom is 0.275 e. The summed E-state index contributed by atoms with van der Waals surface area (Å²) in [6.07, 6.45) is 3.07. The number of carbonyl (C=O) groups excluding carboxylic acids is 1. The highest BCUT2D eigenvalue weighted by atomic mass is 16.1. The molecule has 0 unspecified atom stereocenters. The second-order valence-corrected chi connectivity index (χ2v) is 6.29. The predicted molar refractivity (Wildman–Crippen MR) is 93.8 cm³/mol. The first kappa shape index (κ1) is 16.9. The summed E-state index contributed by atoms with van der Waals surface area (Å²) < 4.78 is 0. The highest BCUT2D eigenvalue weighted by molar-refractivity contribution is 6.02. The van der Waals surface area contributed by atoms with Crippen molar-refractivity contribution in [2.45, 2.75) is 33.6 Å². The van der Waals surface area contributed by atoms with E-state index in [1.165, 1.54) is 11.8 Å². The van der Waals surface area contributed by atoms with Crippen LogP contribution in [0.1, 0.15) is 49.7 Å². The number of anilines is 2. The van der Waals surface area contributed by atoms with Crippen molar-refractivity contribution in [1.29, 1.82) is 0 Å². The van der Waals surface area contributed by atoms with Crippen LogP contribution >= 0.6 is 0 Å². The number of nitrogens with one attached hydrogen (secondary N) is 2. The van der Waals surface area contributed by atoms with E-state index in [1.807, 2.05) is 24.3 Å². The fraction of sp³-hybridized carbons (Fsp3) is 0.389. The molecule has 0 fully saturated rings. The topological polar surface area (TPSA) is 66.9 Å². The van der Waals surface area contributed by atoms with Gasteiger partial charge in [0.15, 0.2) is 0 Å². The Bertz CT molecular complexity index is 633. The van der Waals surface area contributed by atoms with Crippen LogP contribution in [0.15, 0.2) is 36.7 Å². The summed E-state index contributed by atoms with van der Waals surface area (Å²) in [7, 11) is 0. The van der Waals surface area contributed by atoms with Gasteiger partial charge in [-0.25, -0.2) is 9.97 Å². The molecule has 0 radical (unpaired) electrons. The first-order chi connectivity index (χ1) is 11.0. The van der Waals surface area contributed by atoms with E-state index < -0.39 is 0 Å². The molecule has 122 valence electrons. The average Bonchev–Trinajstić information content (AvgIpc) is 2.54. The van der Waals surface area contributed by atoms with E-state index in [-0.39, 0.29) is 5.91 Å². The molecule has 1 heterocycles. The molecule has 0 aliphatic heterocycles. The van der Waals surface area contributed by atoms with Crippen molar-refractivity contribution in [3.05, 3.63) is 47.9 Å². The zero-order chi connectivity index (χ0) is 16.8. The molecule has 0 aliphatic rings. The van der Waals surface area contributed by atoms with Crippen molar-refractivity contribution in [3.63, 3.8) is 0 Å². The third kappa shape index (κ3) is 5.06. The number of carbonyl (C=O) groups is 1. The Hall–Kier alpha value is -2.43. The van der Waals surface area contributed by atoms with Gasteiger partial charge in [-0.05, 0) is 29.5 Å². The minimum Gasteiger partial charge on any atom is -0.369 e. The van der Waals surface area contributed by atoms with E-state index in [4.69, 9.17) is 0 Å². The Labute approximate surface area is 137 Å². The number of hydrogen-bond acceptors (Lipinski definition) is 4. The lowest BCUT2D eigenvalue weighted by atomic mass is 10.0. The number of nitrogens with zero attached hydrogens (tertiary/aromatic N) is 2. The largest absolute Gasteiger partial charge is 0.369 e. The molecule has 0 aliphatic carbocycles. The minimum absolute atomic E-state index is 0.259. The van der Waals surface area contributed by atoms with Crippen LogP contribution in [0.4, 0.5) is 11.5 Å². The van der Waals surface area contributed by atoms with Crippen molar-refractivity contribution in [2.75, 3.05) is 17.2 Å². The number of hydrogen-bond donors (Lipinski definition) is 2. The van der Waals surface area contributed by atoms with Gasteiger partial charge >= 0.3 is 0 Å². The Kier molecular flexibility index (Phi) is 5.68. The van der Waals surface area contributed by atoms with Gasteiger partial charge in [0.25, 0.3) is 5.91 Å². The van der Waals surface area contributed by atoms with Crippen LogP contribution in [-0.2, 0) is 0 Å². The summed E-state index contributed by atoms with van der Waals surface area (Å²) in [6, 6.07) is 7.84. The molecule has 1 amide bonds. The summed E-state index contributed by atoms with van der Waals surface area (Å²) in [6.45, 7) is 9.33. The van der Waals surface area contributed by atoms with Crippen molar-refractivity contribution in [2.24, 2.45) is 5.92 Å². The fourth-order valence-electron chi connectivity index (χ4n) is 1.99. The van der Waals surface area contributed by atoms with Crippen LogP contribution in [0.5, 0.6) is 0 Å². The first-order valence-corrected chi connectivity index (χ1v) is 7.93. The number of amides is 1. The van der Waals surface area contributed by atoms with Gasteiger partial charge in [0.2, 0.25) is 0 Å². The molecule has 1 aromatic carbocycles. The monoisotopic (exact) mass is 312 g/mol. The van der Waals surface area contributed by atoms with Crippen molar-refractivity contribution in [3.8, 4) is 0 Å². The van der Waals surface area contributed by atoms with Crippen LogP contribution in [-0.4, -0.2) is 22.4 Å². The maximum absolute atomic E-state index is 12.2. The molecule has 5 heteroatoms. The zero-order valence-corrected chi connectivity index (χ0v) is 14.1. The van der Waals surface area contributed by atoms with E-state index in [0.717, 1.165) is 12.2 Å². The second-order valence-electron chi connectivity index (χ2n) is 6.29. The van der Waals surface area contributed by atoms with Crippen LogP contribution < -0.4 is 10.6 Å². The Morgan fingerprint density at radius 3 is 2.26 bits per heavy atom. The van der Waals surface area contributed by atoms with Gasteiger partial charge in [0.05, 0.1) is 12.4 Å². The van der Waals surface area contributed by atoms with E-state index in [9.17, 15) is 4.79 Å². The molecule has 0 saturated carbocycles. The lowest BCUT2D eigenvalue weighted by molar-refractivity contribution is 0.102. The SMILES string of the molecule is CC(C)CNc1cnc(C(=O)Nc2ccc(C(C)C)cc2)cn1. The van der Waals surface area contributed by atoms with E-state index >= 15 is 0 Å². The summed E-state index contributed by atoms with van der Waals surface area (Å²) in [5.41, 5.74) is 2.29. The number of benzene rings is 1. The molecule has 2 N–H and O–H groups in total. The normalized spacial score (nSPS) is 10.9. The van der Waals surface area contributed by atoms with Crippen LogP contribution in [0.2, 0.25) is 0 Å². The van der Waals surface area contributed by atoms with Gasteiger partial charge in [-0.1, -0.05) is 39.8 Å². The molecule has 0 bridgehead atoms. The van der Waals surface area contributed by atoms with Crippen molar-refractivity contribution in [1.82, 2.24) is 9.97 Å². The lowest BCUT2D eigenvalue weighted by Gasteiger charge is -2.09. The molecule has 0 spiro atoms. The highest BCUT2D eigenvalue weighted by Gasteiger charge is 2.09. The van der Waals surface area contributed by atoms with Gasteiger partial charge in [-0.3, -0.25) is 4.79 Å². The molecular weight excluding hydrogens is 288 g/mol. The predicted octanol–water partition coefficient (Wildman–Crippen LogP) is 3.92. The van der Waals surface area contributed by atoms with Crippen molar-refractivity contribution < 1.29 is 4.79 Å². The quantitative estimate of drug-likeness (QED) is 0.848. The highest BCUT2D eigenvalue weighted by Crippen LogP contribution is 2.17. The van der Waals surface area contributed by atoms with Crippen LogP contribution in [0, 0.1) is 5.92 Å². The van der Waals surface area contributed by atoms with Gasteiger partial charge in [0.1, 0.15) is 11.5 Å². The Balaban J connectivity index is 1.97. The van der Waals surface area contributed by atoms with Gasteiger partial charge < -0.3 is 10.6 Å². The van der Waals surface area contributed by atoms with E-state index in [1.54, 1.807) is 6.20 Å².